The second-order valence-corrected chi connectivity index (χ2v) is 6.57. The quantitative estimate of drug-likeness (QED) is 0.733. The minimum Gasteiger partial charge on any atom is -0.481 e. The van der Waals surface area contributed by atoms with Gasteiger partial charge in [-0.05, 0) is 39.3 Å². The predicted octanol–water partition coefficient (Wildman–Crippen LogP) is 1.41. The van der Waals surface area contributed by atoms with Gasteiger partial charge in [-0.15, -0.1) is 0 Å². The van der Waals surface area contributed by atoms with E-state index in [4.69, 9.17) is 0 Å². The number of carboxylic acid groups (broad SMARTS) is 1. The van der Waals surface area contributed by atoms with Crippen LogP contribution in [-0.2, 0) is 4.79 Å². The molecule has 2 amide bonds. The summed E-state index contributed by atoms with van der Waals surface area (Å²) in [5.74, 6) is -0.778. The van der Waals surface area contributed by atoms with E-state index in [9.17, 15) is 14.7 Å². The van der Waals surface area contributed by atoms with Crippen LogP contribution < -0.4 is 10.6 Å². The van der Waals surface area contributed by atoms with Crippen molar-refractivity contribution in [3.63, 3.8) is 0 Å². The number of carboxylic acids is 1. The second-order valence-electron chi connectivity index (χ2n) is 6.57. The smallest absolute Gasteiger partial charge is 0.315 e. The Hall–Kier alpha value is -1.30. The Labute approximate surface area is 126 Å². The summed E-state index contributed by atoms with van der Waals surface area (Å²) in [5, 5.41) is 15.2. The molecule has 1 unspecified atom stereocenters. The zero-order valence-electron chi connectivity index (χ0n) is 12.9. The summed E-state index contributed by atoms with van der Waals surface area (Å²) in [7, 11) is 2.05. The molecule has 0 spiro atoms. The zero-order chi connectivity index (χ0) is 15.3. The summed E-state index contributed by atoms with van der Waals surface area (Å²) >= 11 is 0. The van der Waals surface area contributed by atoms with Crippen LogP contribution in [0.15, 0.2) is 0 Å². The van der Waals surface area contributed by atoms with Gasteiger partial charge < -0.3 is 20.6 Å². The molecule has 0 aromatic rings. The van der Waals surface area contributed by atoms with Crippen molar-refractivity contribution >= 4 is 12.0 Å². The first-order valence-corrected chi connectivity index (χ1v) is 7.98. The van der Waals surface area contributed by atoms with Gasteiger partial charge in [-0.2, -0.15) is 0 Å². The monoisotopic (exact) mass is 297 g/mol. The van der Waals surface area contributed by atoms with Crippen molar-refractivity contribution in [3.05, 3.63) is 0 Å². The van der Waals surface area contributed by atoms with Gasteiger partial charge in [0, 0.05) is 19.1 Å². The summed E-state index contributed by atoms with van der Waals surface area (Å²) in [6.07, 6.45) is 6.35. The largest absolute Gasteiger partial charge is 0.481 e. The Bertz CT molecular complexity index is 380. The average molecular weight is 297 g/mol. The number of urea groups is 1. The maximum Gasteiger partial charge on any atom is 0.315 e. The van der Waals surface area contributed by atoms with Gasteiger partial charge in [-0.1, -0.05) is 19.3 Å². The van der Waals surface area contributed by atoms with Gasteiger partial charge in [0.1, 0.15) is 0 Å². The molecule has 0 bridgehead atoms. The highest BCUT2D eigenvalue weighted by Crippen LogP contribution is 2.35. The maximum absolute atomic E-state index is 12.0. The van der Waals surface area contributed by atoms with Crippen LogP contribution in [0.2, 0.25) is 0 Å². The Morgan fingerprint density at radius 2 is 1.95 bits per heavy atom. The lowest BCUT2D eigenvalue weighted by Gasteiger charge is -2.34. The van der Waals surface area contributed by atoms with Crippen molar-refractivity contribution in [3.8, 4) is 0 Å². The maximum atomic E-state index is 12.0. The van der Waals surface area contributed by atoms with Crippen molar-refractivity contribution in [2.45, 2.75) is 51.0 Å². The summed E-state index contributed by atoms with van der Waals surface area (Å²) in [5.41, 5.74) is -0.765. The average Bonchev–Trinajstić information content (AvgIpc) is 2.46. The minimum atomic E-state index is -0.778. The number of amides is 2. The molecule has 1 atom stereocenters. The molecule has 21 heavy (non-hydrogen) atoms. The molecule has 0 radical (unpaired) electrons. The molecule has 0 aromatic carbocycles. The number of aliphatic carboxylic acids is 1. The van der Waals surface area contributed by atoms with Crippen LogP contribution in [-0.4, -0.2) is 54.7 Å². The summed E-state index contributed by atoms with van der Waals surface area (Å²) in [6, 6.07) is -0.0719. The van der Waals surface area contributed by atoms with Crippen molar-refractivity contribution in [2.24, 2.45) is 5.41 Å². The topological polar surface area (TPSA) is 81.7 Å². The molecule has 3 N–H and O–H groups in total. The van der Waals surface area contributed by atoms with Crippen LogP contribution in [0.4, 0.5) is 4.79 Å². The van der Waals surface area contributed by atoms with Gasteiger partial charge in [0.15, 0.2) is 0 Å². The van der Waals surface area contributed by atoms with Gasteiger partial charge in [0.05, 0.1) is 5.41 Å². The minimum absolute atomic E-state index is 0.163. The number of nitrogens with one attached hydrogen (secondary N) is 2. The van der Waals surface area contributed by atoms with Crippen molar-refractivity contribution in [2.75, 3.05) is 26.7 Å². The molecule has 2 aliphatic rings. The van der Waals surface area contributed by atoms with Crippen LogP contribution in [0.3, 0.4) is 0 Å². The number of hydrogen-bond acceptors (Lipinski definition) is 3. The number of hydrogen-bond donors (Lipinski definition) is 3. The van der Waals surface area contributed by atoms with Crippen LogP contribution in [0, 0.1) is 5.41 Å². The number of likely N-dealkylation sites (tertiary alicyclic amines) is 1. The fraction of sp³-hybridized carbons (Fsp3) is 0.867. The lowest BCUT2D eigenvalue weighted by atomic mass is 9.74. The van der Waals surface area contributed by atoms with Gasteiger partial charge in [0.25, 0.3) is 0 Å². The highest BCUT2D eigenvalue weighted by atomic mass is 16.4. The fourth-order valence-corrected chi connectivity index (χ4v) is 3.46. The number of carbonyl (C=O) groups excluding carboxylic acids is 1. The molecule has 1 saturated heterocycles. The highest BCUT2D eigenvalue weighted by molar-refractivity contribution is 5.78. The number of likely N-dealkylation sites (N-methyl/N-ethyl adjacent to an activating group) is 1. The third-order valence-corrected chi connectivity index (χ3v) is 4.81. The van der Waals surface area contributed by atoms with Gasteiger partial charge >= 0.3 is 12.0 Å². The van der Waals surface area contributed by atoms with E-state index in [0.717, 1.165) is 45.2 Å². The van der Waals surface area contributed by atoms with E-state index in [1.807, 2.05) is 7.05 Å². The summed E-state index contributed by atoms with van der Waals surface area (Å²) in [6.45, 7) is 2.16. The van der Waals surface area contributed by atoms with E-state index in [0.29, 0.717) is 12.8 Å². The molecule has 6 heteroatoms. The van der Waals surface area contributed by atoms with E-state index in [-0.39, 0.29) is 18.6 Å². The molecule has 1 heterocycles. The standard InChI is InChI=1S/C15H27N3O3/c1-18-9-5-6-12(10-18)17-14(21)16-11-15(13(19)20)7-3-2-4-8-15/h12H,2-11H2,1H3,(H,19,20)(H2,16,17,21). The number of piperidine rings is 1. The van der Waals surface area contributed by atoms with Crippen LogP contribution >= 0.6 is 0 Å². The first kappa shape index (κ1) is 16.1. The first-order valence-electron chi connectivity index (χ1n) is 7.98. The van der Waals surface area contributed by atoms with Crippen LogP contribution in [0.5, 0.6) is 0 Å². The lowest BCUT2D eigenvalue weighted by molar-refractivity contribution is -0.150. The molecule has 1 aliphatic carbocycles. The third-order valence-electron chi connectivity index (χ3n) is 4.81. The van der Waals surface area contributed by atoms with E-state index in [2.05, 4.69) is 15.5 Å². The first-order chi connectivity index (χ1) is 10.0. The van der Waals surface area contributed by atoms with E-state index in [1.165, 1.54) is 0 Å². The fourth-order valence-electron chi connectivity index (χ4n) is 3.46. The Kier molecular flexibility index (Phi) is 5.45. The molecule has 6 nitrogen and oxygen atoms in total. The van der Waals surface area contributed by atoms with Crippen LogP contribution in [0.1, 0.15) is 44.9 Å². The summed E-state index contributed by atoms with van der Waals surface area (Å²) < 4.78 is 0. The highest BCUT2D eigenvalue weighted by Gasteiger charge is 2.39. The molecule has 1 aliphatic heterocycles. The van der Waals surface area contributed by atoms with E-state index >= 15 is 0 Å². The molecule has 0 aromatic heterocycles. The molecule has 2 rings (SSSR count). The number of rotatable bonds is 4. The van der Waals surface area contributed by atoms with Crippen molar-refractivity contribution in [1.29, 1.82) is 0 Å². The Morgan fingerprint density at radius 1 is 1.24 bits per heavy atom. The van der Waals surface area contributed by atoms with E-state index < -0.39 is 11.4 Å². The normalized spacial score (nSPS) is 26.0. The number of carbonyl (C=O) groups is 2. The van der Waals surface area contributed by atoms with Gasteiger partial charge in [-0.25, -0.2) is 4.79 Å². The van der Waals surface area contributed by atoms with E-state index in [1.54, 1.807) is 0 Å². The Morgan fingerprint density at radius 3 is 2.57 bits per heavy atom. The van der Waals surface area contributed by atoms with Gasteiger partial charge in [0.2, 0.25) is 0 Å². The third kappa shape index (κ3) is 4.33. The Balaban J connectivity index is 1.80. The number of nitrogens with zero attached hydrogens (tertiary/aromatic N) is 1. The zero-order valence-corrected chi connectivity index (χ0v) is 12.9. The molecular weight excluding hydrogens is 270 g/mol. The van der Waals surface area contributed by atoms with Crippen molar-refractivity contribution < 1.29 is 14.7 Å². The van der Waals surface area contributed by atoms with Crippen molar-refractivity contribution in [1.82, 2.24) is 15.5 Å². The summed E-state index contributed by atoms with van der Waals surface area (Å²) in [4.78, 5) is 25.7. The van der Waals surface area contributed by atoms with Crippen LogP contribution in [0.25, 0.3) is 0 Å². The molecule has 2 fully saturated rings. The molecule has 120 valence electrons. The molecule has 1 saturated carbocycles. The second kappa shape index (κ2) is 7.11. The SMILES string of the molecule is CN1CCCC(NC(=O)NCC2(C(=O)O)CCCCC2)C1. The van der Waals surface area contributed by atoms with Gasteiger partial charge in [-0.3, -0.25) is 4.79 Å². The predicted molar refractivity (Wildman–Crippen MR) is 80.2 cm³/mol. The lowest BCUT2D eigenvalue weighted by Crippen LogP contribution is -2.52. The molecular formula is C15H27N3O3.